The van der Waals surface area contributed by atoms with E-state index in [0.717, 1.165) is 12.8 Å². The van der Waals surface area contributed by atoms with Crippen LogP contribution in [0.15, 0.2) is 12.2 Å². The zero-order valence-corrected chi connectivity index (χ0v) is 13.4. The van der Waals surface area contributed by atoms with E-state index in [0.29, 0.717) is 18.8 Å². The second-order valence-corrected chi connectivity index (χ2v) is 6.04. The first-order valence-electron chi connectivity index (χ1n) is 8.79. The number of rotatable bonds is 14. The number of hydrogen-bond acceptors (Lipinski definition) is 2. The van der Waals surface area contributed by atoms with Gasteiger partial charge in [0.25, 0.3) is 0 Å². The van der Waals surface area contributed by atoms with Crippen LogP contribution in [-0.4, -0.2) is 23.9 Å². The van der Waals surface area contributed by atoms with Crippen LogP contribution in [0.5, 0.6) is 0 Å². The maximum absolute atomic E-state index is 8.67. The average molecular weight is 282 g/mol. The molecule has 1 heterocycles. The topological polar surface area (TPSA) is 32.8 Å². The second kappa shape index (κ2) is 12.4. The molecule has 1 rings (SSSR count). The van der Waals surface area contributed by atoms with Gasteiger partial charge in [0, 0.05) is 6.61 Å². The number of hydrogen-bond donors (Lipinski definition) is 1. The van der Waals surface area contributed by atoms with Crippen LogP contribution in [0.25, 0.3) is 0 Å². The van der Waals surface area contributed by atoms with Gasteiger partial charge in [0.05, 0.1) is 12.2 Å². The number of ether oxygens (including phenoxy) is 1. The van der Waals surface area contributed by atoms with Crippen LogP contribution in [0, 0.1) is 0 Å². The van der Waals surface area contributed by atoms with E-state index in [1.54, 1.807) is 0 Å². The minimum absolute atomic E-state index is 0.340. The van der Waals surface area contributed by atoms with Crippen molar-refractivity contribution >= 4 is 0 Å². The molecule has 1 saturated heterocycles. The quantitative estimate of drug-likeness (QED) is 0.276. The lowest BCUT2D eigenvalue weighted by Gasteiger charge is -1.97. The third-order valence-corrected chi connectivity index (χ3v) is 4.08. The average Bonchev–Trinajstić information content (AvgIpc) is 3.20. The van der Waals surface area contributed by atoms with Gasteiger partial charge in [0.15, 0.2) is 0 Å². The molecule has 0 aromatic heterocycles. The van der Waals surface area contributed by atoms with Gasteiger partial charge >= 0.3 is 0 Å². The van der Waals surface area contributed by atoms with E-state index >= 15 is 0 Å². The van der Waals surface area contributed by atoms with Gasteiger partial charge < -0.3 is 9.84 Å². The molecular weight excluding hydrogens is 248 g/mol. The molecule has 2 unspecified atom stereocenters. The highest BCUT2D eigenvalue weighted by molar-refractivity contribution is 4.85. The van der Waals surface area contributed by atoms with Crippen molar-refractivity contribution in [3.8, 4) is 0 Å². The van der Waals surface area contributed by atoms with Crippen molar-refractivity contribution in [2.24, 2.45) is 0 Å². The number of allylic oxidation sites excluding steroid dienone is 2. The van der Waals surface area contributed by atoms with Gasteiger partial charge in [-0.05, 0) is 44.9 Å². The lowest BCUT2D eigenvalue weighted by atomic mass is 10.1. The van der Waals surface area contributed by atoms with Crippen molar-refractivity contribution < 1.29 is 9.84 Å². The van der Waals surface area contributed by atoms with Crippen molar-refractivity contribution in [3.63, 3.8) is 0 Å². The third kappa shape index (κ3) is 9.55. The molecule has 0 aromatic rings. The maximum Gasteiger partial charge on any atom is 0.0841 e. The van der Waals surface area contributed by atoms with Crippen molar-refractivity contribution in [3.05, 3.63) is 12.2 Å². The summed E-state index contributed by atoms with van der Waals surface area (Å²) in [6.45, 7) is 2.60. The summed E-state index contributed by atoms with van der Waals surface area (Å²) in [7, 11) is 0. The zero-order valence-electron chi connectivity index (χ0n) is 13.4. The molecule has 0 aromatic carbocycles. The molecule has 2 heteroatoms. The van der Waals surface area contributed by atoms with Gasteiger partial charge in [-0.3, -0.25) is 0 Å². The standard InChI is InChI=1S/C18H34O2/c1-2-3-11-14-17-18(20-17)15-12-9-7-5-4-6-8-10-13-16-19/h4-5,17-19H,2-3,6-16H2,1H3/b5-4-. The fourth-order valence-electron chi connectivity index (χ4n) is 2.68. The van der Waals surface area contributed by atoms with E-state index in [1.165, 1.54) is 64.2 Å². The maximum atomic E-state index is 8.67. The van der Waals surface area contributed by atoms with E-state index in [2.05, 4.69) is 19.1 Å². The summed E-state index contributed by atoms with van der Waals surface area (Å²) in [5.74, 6) is 0. The van der Waals surface area contributed by atoms with Crippen molar-refractivity contribution in [1.29, 1.82) is 0 Å². The molecule has 0 amide bonds. The number of aliphatic hydroxyl groups excluding tert-OH is 1. The Hall–Kier alpha value is -0.340. The van der Waals surface area contributed by atoms with Crippen LogP contribution in [-0.2, 0) is 4.74 Å². The van der Waals surface area contributed by atoms with Gasteiger partial charge in [-0.25, -0.2) is 0 Å². The summed E-state index contributed by atoms with van der Waals surface area (Å²) < 4.78 is 5.71. The molecular formula is C18H34O2. The van der Waals surface area contributed by atoms with E-state index in [1.807, 2.05) is 0 Å². The molecule has 0 radical (unpaired) electrons. The number of epoxide rings is 1. The third-order valence-electron chi connectivity index (χ3n) is 4.08. The minimum Gasteiger partial charge on any atom is -0.396 e. The molecule has 20 heavy (non-hydrogen) atoms. The van der Waals surface area contributed by atoms with E-state index in [-0.39, 0.29) is 0 Å². The highest BCUT2D eigenvalue weighted by Gasteiger charge is 2.36. The highest BCUT2D eigenvalue weighted by Crippen LogP contribution is 2.31. The van der Waals surface area contributed by atoms with Gasteiger partial charge in [0.2, 0.25) is 0 Å². The molecule has 1 aliphatic heterocycles. The largest absolute Gasteiger partial charge is 0.396 e. The van der Waals surface area contributed by atoms with Crippen LogP contribution in [0.2, 0.25) is 0 Å². The summed E-state index contributed by atoms with van der Waals surface area (Å²) >= 11 is 0. The Kier molecular flexibility index (Phi) is 11.0. The van der Waals surface area contributed by atoms with E-state index in [4.69, 9.17) is 9.84 Å². The fraction of sp³-hybridized carbons (Fsp3) is 0.889. The summed E-state index contributed by atoms with van der Waals surface area (Å²) in [6, 6.07) is 0. The lowest BCUT2D eigenvalue weighted by molar-refractivity contribution is 0.283. The highest BCUT2D eigenvalue weighted by atomic mass is 16.6. The van der Waals surface area contributed by atoms with Gasteiger partial charge in [-0.1, -0.05) is 51.2 Å². The Morgan fingerprint density at radius 1 is 0.800 bits per heavy atom. The molecule has 2 atom stereocenters. The molecule has 0 bridgehead atoms. The van der Waals surface area contributed by atoms with Crippen molar-refractivity contribution in [2.75, 3.05) is 6.61 Å². The normalized spacial score (nSPS) is 21.7. The Morgan fingerprint density at radius 3 is 2.00 bits per heavy atom. The number of unbranched alkanes of at least 4 members (excludes halogenated alkanes) is 7. The molecule has 2 nitrogen and oxygen atoms in total. The molecule has 118 valence electrons. The first-order chi connectivity index (χ1) is 9.88. The lowest BCUT2D eigenvalue weighted by Crippen LogP contribution is -1.94. The van der Waals surface area contributed by atoms with E-state index < -0.39 is 0 Å². The smallest absolute Gasteiger partial charge is 0.0841 e. The van der Waals surface area contributed by atoms with E-state index in [9.17, 15) is 0 Å². The Morgan fingerprint density at radius 2 is 1.40 bits per heavy atom. The minimum atomic E-state index is 0.340. The van der Waals surface area contributed by atoms with Crippen LogP contribution in [0.4, 0.5) is 0 Å². The Labute approximate surface area is 125 Å². The second-order valence-electron chi connectivity index (χ2n) is 6.04. The molecule has 0 saturated carbocycles. The molecule has 1 aliphatic rings. The Bertz CT molecular complexity index is 238. The zero-order chi connectivity index (χ0) is 14.5. The van der Waals surface area contributed by atoms with Crippen molar-refractivity contribution in [1.82, 2.24) is 0 Å². The predicted octanol–water partition coefficient (Wildman–Crippen LogP) is 5.00. The molecule has 0 aliphatic carbocycles. The summed E-state index contributed by atoms with van der Waals surface area (Å²) in [6.07, 6.45) is 20.7. The van der Waals surface area contributed by atoms with Crippen LogP contribution in [0.3, 0.4) is 0 Å². The predicted molar refractivity (Wildman–Crippen MR) is 86.0 cm³/mol. The first-order valence-corrected chi connectivity index (χ1v) is 8.79. The summed E-state index contributed by atoms with van der Waals surface area (Å²) in [5, 5.41) is 8.67. The van der Waals surface area contributed by atoms with Crippen LogP contribution < -0.4 is 0 Å². The van der Waals surface area contributed by atoms with Gasteiger partial charge in [-0.15, -0.1) is 0 Å². The Balaban J connectivity index is 1.78. The van der Waals surface area contributed by atoms with Gasteiger partial charge in [0.1, 0.15) is 0 Å². The SMILES string of the molecule is CCCCCC1OC1CCCC/C=C\CCCCCO. The summed E-state index contributed by atoms with van der Waals surface area (Å²) in [4.78, 5) is 0. The monoisotopic (exact) mass is 282 g/mol. The first kappa shape index (κ1) is 17.7. The fourth-order valence-corrected chi connectivity index (χ4v) is 2.68. The number of aliphatic hydroxyl groups is 1. The molecule has 0 spiro atoms. The van der Waals surface area contributed by atoms with Crippen molar-refractivity contribution in [2.45, 2.75) is 96.2 Å². The van der Waals surface area contributed by atoms with Crippen LogP contribution >= 0.6 is 0 Å². The molecule has 1 N–H and O–H groups in total. The van der Waals surface area contributed by atoms with Gasteiger partial charge in [-0.2, -0.15) is 0 Å². The molecule has 1 fully saturated rings. The summed E-state index contributed by atoms with van der Waals surface area (Å²) in [5.41, 5.74) is 0. The van der Waals surface area contributed by atoms with Crippen LogP contribution in [0.1, 0.15) is 84.0 Å².